The molecule has 6 heteroatoms. The van der Waals surface area contributed by atoms with E-state index < -0.39 is 11.9 Å². The van der Waals surface area contributed by atoms with E-state index >= 15 is 0 Å². The van der Waals surface area contributed by atoms with Crippen molar-refractivity contribution in [1.29, 1.82) is 0 Å². The number of carbonyl (C=O) groups excluding carboxylic acids is 1. The third kappa shape index (κ3) is 3.17. The summed E-state index contributed by atoms with van der Waals surface area (Å²) >= 11 is 0. The van der Waals surface area contributed by atoms with Crippen molar-refractivity contribution < 1.29 is 13.9 Å². The summed E-state index contributed by atoms with van der Waals surface area (Å²) in [7, 11) is 0. The summed E-state index contributed by atoms with van der Waals surface area (Å²) in [6.07, 6.45) is 3.30. The quantitative estimate of drug-likeness (QED) is 0.430. The van der Waals surface area contributed by atoms with Gasteiger partial charge in [-0.15, -0.1) is 0 Å². The maximum Gasteiger partial charge on any atom is 0.296 e. The van der Waals surface area contributed by atoms with E-state index in [-0.39, 0.29) is 11.2 Å². The topological polar surface area (TPSA) is 72.6 Å². The smallest absolute Gasteiger partial charge is 0.296 e. The molecule has 1 unspecified atom stereocenters. The van der Waals surface area contributed by atoms with Crippen LogP contribution in [0.2, 0.25) is 0 Å². The maximum atomic E-state index is 13.6. The van der Waals surface area contributed by atoms with E-state index in [0.717, 1.165) is 11.1 Å². The number of carbonyl (C=O) groups is 1. The van der Waals surface area contributed by atoms with Crippen molar-refractivity contribution in [3.63, 3.8) is 0 Å². The van der Waals surface area contributed by atoms with Gasteiger partial charge < -0.3 is 9.15 Å². The number of benzene rings is 2. The summed E-state index contributed by atoms with van der Waals surface area (Å²) in [6.45, 7) is 5.95. The number of hydrogen-bond donors (Lipinski definition) is 0. The standard InChI is InChI=1S/C26H20N2O4/c1-3-13-31-18-8-6-7-17(15-18)23-22-24(29)19-9-4-5-10-20(19)32-25(22)26(30)28(23)21-14-16(2)11-12-27-21/h3-12,14-15,23H,1,13H2,2H3. The lowest BCUT2D eigenvalue weighted by molar-refractivity contribution is 0.0970. The summed E-state index contributed by atoms with van der Waals surface area (Å²) in [5, 5.41) is 0.433. The second-order valence-corrected chi connectivity index (χ2v) is 7.61. The van der Waals surface area contributed by atoms with Crippen molar-refractivity contribution in [3.05, 3.63) is 112 Å². The van der Waals surface area contributed by atoms with Crippen LogP contribution in [0.3, 0.4) is 0 Å². The number of aromatic nitrogens is 1. The Bertz CT molecular complexity index is 1420. The number of aryl methyl sites for hydroxylation is 1. The van der Waals surface area contributed by atoms with Gasteiger partial charge in [0.05, 0.1) is 17.0 Å². The second kappa shape index (κ2) is 7.81. The van der Waals surface area contributed by atoms with Crippen molar-refractivity contribution in [3.8, 4) is 5.75 Å². The molecule has 0 fully saturated rings. The molecule has 1 aliphatic rings. The molecule has 0 saturated heterocycles. The highest BCUT2D eigenvalue weighted by Crippen LogP contribution is 2.41. The number of ether oxygens (including phenoxy) is 1. The number of nitrogens with zero attached hydrogens (tertiary/aromatic N) is 2. The molecule has 32 heavy (non-hydrogen) atoms. The van der Waals surface area contributed by atoms with Gasteiger partial charge in [0.1, 0.15) is 23.8 Å². The van der Waals surface area contributed by atoms with E-state index in [1.165, 1.54) is 4.90 Å². The molecule has 0 spiro atoms. The highest BCUT2D eigenvalue weighted by Gasteiger charge is 2.44. The molecule has 1 amide bonds. The molecule has 2 aromatic carbocycles. The van der Waals surface area contributed by atoms with Crippen molar-refractivity contribution in [2.75, 3.05) is 11.5 Å². The summed E-state index contributed by atoms with van der Waals surface area (Å²) in [5.41, 5.74) is 2.13. The molecule has 0 N–H and O–H groups in total. The van der Waals surface area contributed by atoms with Crippen LogP contribution in [-0.2, 0) is 0 Å². The predicted molar refractivity (Wildman–Crippen MR) is 122 cm³/mol. The number of fused-ring (bicyclic) bond motifs is 2. The van der Waals surface area contributed by atoms with Crippen LogP contribution in [0, 0.1) is 6.92 Å². The first kappa shape index (κ1) is 19.8. The first-order valence-electron chi connectivity index (χ1n) is 10.2. The van der Waals surface area contributed by atoms with E-state index in [1.807, 2.05) is 43.3 Å². The lowest BCUT2D eigenvalue weighted by atomic mass is 9.98. The Hall–Kier alpha value is -4.19. The number of rotatable bonds is 5. The van der Waals surface area contributed by atoms with E-state index in [0.29, 0.717) is 34.7 Å². The third-order valence-electron chi connectivity index (χ3n) is 5.47. The van der Waals surface area contributed by atoms with Crippen molar-refractivity contribution >= 4 is 22.7 Å². The molecule has 1 aliphatic heterocycles. The second-order valence-electron chi connectivity index (χ2n) is 7.61. The number of anilines is 1. The van der Waals surface area contributed by atoms with Gasteiger partial charge in [-0.05, 0) is 54.4 Å². The zero-order valence-corrected chi connectivity index (χ0v) is 17.4. The van der Waals surface area contributed by atoms with Gasteiger partial charge in [0.15, 0.2) is 5.43 Å². The highest BCUT2D eigenvalue weighted by atomic mass is 16.5. The van der Waals surface area contributed by atoms with Gasteiger partial charge >= 0.3 is 0 Å². The molecular formula is C26H20N2O4. The average molecular weight is 424 g/mol. The van der Waals surface area contributed by atoms with Crippen molar-refractivity contribution in [2.45, 2.75) is 13.0 Å². The molecule has 0 aliphatic carbocycles. The van der Waals surface area contributed by atoms with Gasteiger partial charge in [0, 0.05) is 6.20 Å². The lowest BCUT2D eigenvalue weighted by Gasteiger charge is -2.24. The average Bonchev–Trinajstić information content (AvgIpc) is 3.10. The molecular weight excluding hydrogens is 404 g/mol. The van der Waals surface area contributed by atoms with Crippen LogP contribution in [0.5, 0.6) is 5.75 Å². The fraction of sp³-hybridized carbons (Fsp3) is 0.115. The molecule has 4 aromatic rings. The fourth-order valence-corrected chi connectivity index (χ4v) is 4.05. The molecule has 2 aromatic heterocycles. The summed E-state index contributed by atoms with van der Waals surface area (Å²) in [5.74, 6) is 0.709. The van der Waals surface area contributed by atoms with Crippen molar-refractivity contribution in [2.24, 2.45) is 0 Å². The van der Waals surface area contributed by atoms with Crippen LogP contribution in [0.15, 0.2) is 88.7 Å². The lowest BCUT2D eigenvalue weighted by Crippen LogP contribution is -2.30. The number of para-hydroxylation sites is 1. The minimum atomic E-state index is -0.695. The normalized spacial score (nSPS) is 15.1. The molecule has 6 nitrogen and oxygen atoms in total. The maximum absolute atomic E-state index is 13.6. The Labute approximate surface area is 184 Å². The van der Waals surface area contributed by atoms with E-state index in [1.54, 1.807) is 36.5 Å². The molecule has 0 bridgehead atoms. The van der Waals surface area contributed by atoms with Gasteiger partial charge in [-0.1, -0.05) is 36.9 Å². The van der Waals surface area contributed by atoms with Crippen LogP contribution in [0.25, 0.3) is 11.0 Å². The Kier molecular flexibility index (Phi) is 4.82. The number of pyridine rings is 1. The van der Waals surface area contributed by atoms with E-state index in [2.05, 4.69) is 11.6 Å². The molecule has 0 saturated carbocycles. The molecule has 158 valence electrons. The van der Waals surface area contributed by atoms with Gasteiger partial charge in [-0.2, -0.15) is 0 Å². The highest BCUT2D eigenvalue weighted by molar-refractivity contribution is 6.10. The number of amides is 1. The van der Waals surface area contributed by atoms with Crippen LogP contribution in [0.1, 0.15) is 33.3 Å². The molecule has 0 radical (unpaired) electrons. The Balaban J connectivity index is 1.77. The monoisotopic (exact) mass is 424 g/mol. The Morgan fingerprint density at radius 2 is 1.97 bits per heavy atom. The summed E-state index contributed by atoms with van der Waals surface area (Å²) in [6, 6.07) is 17.3. The van der Waals surface area contributed by atoms with Gasteiger partial charge in [-0.25, -0.2) is 4.98 Å². The Morgan fingerprint density at radius 1 is 1.12 bits per heavy atom. The first-order valence-corrected chi connectivity index (χ1v) is 10.2. The predicted octanol–water partition coefficient (Wildman–Crippen LogP) is 4.81. The van der Waals surface area contributed by atoms with Crippen LogP contribution >= 0.6 is 0 Å². The van der Waals surface area contributed by atoms with E-state index in [9.17, 15) is 9.59 Å². The zero-order chi connectivity index (χ0) is 22.2. The molecule has 1 atom stereocenters. The minimum Gasteiger partial charge on any atom is -0.490 e. The SMILES string of the molecule is C=CCOc1cccc(C2c3c(oc4ccccc4c3=O)C(=O)N2c2cc(C)ccn2)c1. The number of hydrogen-bond acceptors (Lipinski definition) is 5. The molecule has 3 heterocycles. The van der Waals surface area contributed by atoms with E-state index in [4.69, 9.17) is 9.15 Å². The van der Waals surface area contributed by atoms with Gasteiger partial charge in [0.25, 0.3) is 5.91 Å². The fourth-order valence-electron chi connectivity index (χ4n) is 4.05. The van der Waals surface area contributed by atoms with Crippen LogP contribution in [0.4, 0.5) is 5.82 Å². The van der Waals surface area contributed by atoms with Crippen molar-refractivity contribution in [1.82, 2.24) is 4.98 Å². The van der Waals surface area contributed by atoms with Crippen LogP contribution < -0.4 is 15.1 Å². The first-order chi connectivity index (χ1) is 15.6. The van der Waals surface area contributed by atoms with Crippen LogP contribution in [-0.4, -0.2) is 17.5 Å². The van der Waals surface area contributed by atoms with Gasteiger partial charge in [0.2, 0.25) is 5.76 Å². The summed E-state index contributed by atoms with van der Waals surface area (Å²) in [4.78, 5) is 33.0. The Morgan fingerprint density at radius 3 is 2.78 bits per heavy atom. The summed E-state index contributed by atoms with van der Waals surface area (Å²) < 4.78 is 11.7. The largest absolute Gasteiger partial charge is 0.490 e. The minimum absolute atomic E-state index is 0.0411. The third-order valence-corrected chi connectivity index (χ3v) is 5.47. The zero-order valence-electron chi connectivity index (χ0n) is 17.4. The molecule has 5 rings (SSSR count). The van der Waals surface area contributed by atoms with Gasteiger partial charge in [-0.3, -0.25) is 14.5 Å².